The Morgan fingerprint density at radius 1 is 0.952 bits per heavy atom. The minimum Gasteiger partial charge on any atom is -0.744 e. The van der Waals surface area contributed by atoms with Crippen LogP contribution >= 0.6 is 0 Å². The van der Waals surface area contributed by atoms with Crippen molar-refractivity contribution in [3.63, 3.8) is 0 Å². The maximum absolute atomic E-state index is 11.9. The van der Waals surface area contributed by atoms with E-state index in [2.05, 4.69) is 0 Å². The van der Waals surface area contributed by atoms with Crippen LogP contribution in [0, 0.1) is 0 Å². The summed E-state index contributed by atoms with van der Waals surface area (Å²) in [5.41, 5.74) is 1.21. The molecule has 0 saturated carbocycles. The van der Waals surface area contributed by atoms with Crippen molar-refractivity contribution in [3.05, 3.63) is 71.8 Å². The second kappa shape index (κ2) is 7.68. The van der Waals surface area contributed by atoms with Crippen LogP contribution in [0.5, 0.6) is 0 Å². The molecule has 0 aliphatic heterocycles. The molecular weight excluding hydrogens is 299 g/mol. The van der Waals surface area contributed by atoms with Crippen LogP contribution in [-0.4, -0.2) is 18.8 Å². The first kappa shape index (κ1) is 17.8. The number of allylic oxidation sites excluding steroid dienone is 1. The van der Waals surface area contributed by atoms with E-state index >= 15 is 0 Å². The van der Waals surface area contributed by atoms with Crippen molar-refractivity contribution in [3.8, 4) is 0 Å². The number of benzene rings is 2. The molecule has 0 amide bonds. The fraction of sp³-hybridized carbons (Fsp3) is 0. The summed E-state index contributed by atoms with van der Waals surface area (Å²) in [7, 11) is -4.48. The first-order valence-electron chi connectivity index (χ1n) is 5.80. The van der Waals surface area contributed by atoms with E-state index in [1.54, 1.807) is 6.08 Å². The van der Waals surface area contributed by atoms with Crippen LogP contribution in [0.2, 0.25) is 0 Å². The Kier molecular flexibility index (Phi) is 6.51. The fourth-order valence-electron chi connectivity index (χ4n) is 1.62. The fourth-order valence-corrected chi connectivity index (χ4v) is 2.09. The molecule has 21 heavy (non-hydrogen) atoms. The molecule has 0 spiro atoms. The molecule has 0 saturated heterocycles. The Morgan fingerprint density at radius 2 is 1.52 bits per heavy atom. The number of carbonyl (C=O) groups excluding carboxylic acids is 1. The maximum atomic E-state index is 11.9. The summed E-state index contributed by atoms with van der Waals surface area (Å²) in [6, 6.07) is 14.2. The van der Waals surface area contributed by atoms with Crippen LogP contribution < -0.4 is 29.6 Å². The quantitative estimate of drug-likeness (QED) is 0.330. The second-order valence-electron chi connectivity index (χ2n) is 4.09. The average Bonchev–Trinajstić information content (AvgIpc) is 2.45. The summed E-state index contributed by atoms with van der Waals surface area (Å²) >= 11 is 0. The van der Waals surface area contributed by atoms with Crippen molar-refractivity contribution in [1.29, 1.82) is 0 Å². The molecule has 0 fully saturated rings. The zero-order chi connectivity index (χ0) is 14.6. The number of carbonyl (C=O) groups is 1. The van der Waals surface area contributed by atoms with Gasteiger partial charge in [-0.1, -0.05) is 36.4 Å². The topological polar surface area (TPSA) is 74.3 Å². The Bertz CT molecular complexity index is 735. The summed E-state index contributed by atoms with van der Waals surface area (Å²) in [5.74, 6) is -0.260. The van der Waals surface area contributed by atoms with Crippen molar-refractivity contribution in [2.45, 2.75) is 4.90 Å². The van der Waals surface area contributed by atoms with E-state index in [0.717, 1.165) is 17.7 Å². The van der Waals surface area contributed by atoms with Crippen molar-refractivity contribution < 1.29 is 47.3 Å². The van der Waals surface area contributed by atoms with Gasteiger partial charge in [0, 0.05) is 5.56 Å². The monoisotopic (exact) mass is 310 g/mol. The van der Waals surface area contributed by atoms with Gasteiger partial charge in [0.15, 0.2) is 5.78 Å². The predicted octanol–water partition coefficient (Wildman–Crippen LogP) is -0.509. The molecular formula is C15H11NaO4S. The Morgan fingerprint density at radius 3 is 2.05 bits per heavy atom. The maximum Gasteiger partial charge on any atom is 1.00 e. The van der Waals surface area contributed by atoms with Gasteiger partial charge in [0.05, 0.1) is 4.90 Å². The first-order chi connectivity index (χ1) is 9.47. The Hall–Kier alpha value is -1.24. The molecule has 0 unspecified atom stereocenters. The van der Waals surface area contributed by atoms with E-state index in [9.17, 15) is 17.8 Å². The largest absolute Gasteiger partial charge is 1.00 e. The van der Waals surface area contributed by atoms with Crippen LogP contribution in [0.15, 0.2) is 65.6 Å². The molecule has 0 bridgehead atoms. The van der Waals surface area contributed by atoms with Crippen LogP contribution in [-0.2, 0) is 10.1 Å². The Labute approximate surface area is 145 Å². The van der Waals surface area contributed by atoms with Gasteiger partial charge in [-0.2, -0.15) is 0 Å². The summed E-state index contributed by atoms with van der Waals surface area (Å²) in [4.78, 5) is 11.5. The third kappa shape index (κ3) is 5.22. The zero-order valence-corrected chi connectivity index (χ0v) is 14.2. The van der Waals surface area contributed by atoms with E-state index in [-0.39, 0.29) is 40.2 Å². The van der Waals surface area contributed by atoms with Crippen molar-refractivity contribution in [2.24, 2.45) is 0 Å². The van der Waals surface area contributed by atoms with E-state index in [0.29, 0.717) is 5.56 Å². The minimum atomic E-state index is -4.48. The number of ketones is 1. The van der Waals surface area contributed by atoms with E-state index in [1.807, 2.05) is 30.3 Å². The van der Waals surface area contributed by atoms with Gasteiger partial charge in [-0.05, 0) is 35.9 Å². The summed E-state index contributed by atoms with van der Waals surface area (Å²) in [6.45, 7) is 0. The van der Waals surface area contributed by atoms with Gasteiger partial charge in [0.1, 0.15) is 10.1 Å². The molecule has 0 aromatic heterocycles. The SMILES string of the molecule is O=C(/C=C/c1ccccc1)c1ccc(S(=O)(=O)[O-])cc1.[Na+]. The Balaban J connectivity index is 0.00000220. The molecule has 0 heterocycles. The first-order valence-corrected chi connectivity index (χ1v) is 7.21. The van der Waals surface area contributed by atoms with Crippen molar-refractivity contribution >= 4 is 22.0 Å². The smallest absolute Gasteiger partial charge is 0.744 e. The molecule has 6 heteroatoms. The van der Waals surface area contributed by atoms with Gasteiger partial charge in [-0.25, -0.2) is 8.42 Å². The molecule has 0 radical (unpaired) electrons. The molecule has 0 N–H and O–H groups in total. The summed E-state index contributed by atoms with van der Waals surface area (Å²) < 4.78 is 32.3. The third-order valence-electron chi connectivity index (χ3n) is 2.65. The minimum absolute atomic E-state index is 0. The van der Waals surface area contributed by atoms with Gasteiger partial charge >= 0.3 is 29.6 Å². The van der Waals surface area contributed by atoms with Crippen molar-refractivity contribution in [1.82, 2.24) is 0 Å². The summed E-state index contributed by atoms with van der Waals surface area (Å²) in [6.07, 6.45) is 3.07. The van der Waals surface area contributed by atoms with Gasteiger partial charge < -0.3 is 4.55 Å². The van der Waals surface area contributed by atoms with E-state index in [1.165, 1.54) is 18.2 Å². The molecule has 102 valence electrons. The molecule has 4 nitrogen and oxygen atoms in total. The van der Waals surface area contributed by atoms with Crippen LogP contribution in [0.3, 0.4) is 0 Å². The molecule has 0 aliphatic rings. The number of hydrogen-bond donors (Lipinski definition) is 0. The van der Waals surface area contributed by atoms with Crippen LogP contribution in [0.4, 0.5) is 0 Å². The summed E-state index contributed by atoms with van der Waals surface area (Å²) in [5, 5.41) is 0. The third-order valence-corrected chi connectivity index (χ3v) is 3.50. The van der Waals surface area contributed by atoms with Gasteiger partial charge in [-0.15, -0.1) is 0 Å². The van der Waals surface area contributed by atoms with Gasteiger partial charge in [0.25, 0.3) is 0 Å². The molecule has 0 atom stereocenters. The van der Waals surface area contributed by atoms with E-state index < -0.39 is 10.1 Å². The normalized spacial score (nSPS) is 11.1. The second-order valence-corrected chi connectivity index (χ2v) is 5.47. The van der Waals surface area contributed by atoms with Crippen LogP contribution in [0.1, 0.15) is 15.9 Å². The predicted molar refractivity (Wildman–Crippen MR) is 74.2 cm³/mol. The molecule has 2 rings (SSSR count). The van der Waals surface area contributed by atoms with Crippen molar-refractivity contribution in [2.75, 3.05) is 0 Å². The molecule has 0 aliphatic carbocycles. The van der Waals surface area contributed by atoms with E-state index in [4.69, 9.17) is 0 Å². The molecule has 2 aromatic rings. The number of rotatable bonds is 4. The average molecular weight is 310 g/mol. The van der Waals surface area contributed by atoms with Crippen LogP contribution in [0.25, 0.3) is 6.08 Å². The van der Waals surface area contributed by atoms with Gasteiger partial charge in [-0.3, -0.25) is 4.79 Å². The standard InChI is InChI=1S/C15H12O4S.Na/c16-15(11-6-12-4-2-1-3-5-12)13-7-9-14(10-8-13)20(17,18)19;/h1-11H,(H,17,18,19);/q;+1/p-1/b11-6+;. The number of hydrogen-bond acceptors (Lipinski definition) is 4. The molecule has 2 aromatic carbocycles. The zero-order valence-electron chi connectivity index (χ0n) is 11.4. The van der Waals surface area contributed by atoms with Gasteiger partial charge in [0.2, 0.25) is 0 Å².